The van der Waals surface area contributed by atoms with Gasteiger partial charge in [0.1, 0.15) is 24.7 Å². The molecule has 180 valence electrons. The first-order chi connectivity index (χ1) is 18.3. The smallest absolute Gasteiger partial charge is 0.180 e. The number of rotatable bonds is 8. The van der Waals surface area contributed by atoms with Gasteiger partial charge in [0.25, 0.3) is 0 Å². The SMILES string of the molecule is c1ccc(COc2ccc(-c3c(-c4ccccn4)nc4c(OCc5ccccc5)cccn34)cc2)cc1. The topological polar surface area (TPSA) is 48.7 Å². The van der Waals surface area contributed by atoms with Crippen LogP contribution in [0.15, 0.2) is 128 Å². The van der Waals surface area contributed by atoms with Gasteiger partial charge in [-0.1, -0.05) is 66.7 Å². The van der Waals surface area contributed by atoms with Crippen LogP contribution < -0.4 is 9.47 Å². The second kappa shape index (κ2) is 10.4. The molecule has 6 rings (SSSR count). The summed E-state index contributed by atoms with van der Waals surface area (Å²) in [6.07, 6.45) is 3.80. The van der Waals surface area contributed by atoms with E-state index in [9.17, 15) is 0 Å². The molecular weight excluding hydrogens is 458 g/mol. The number of nitrogens with zero attached hydrogens (tertiary/aromatic N) is 3. The number of ether oxygens (including phenoxy) is 2. The van der Waals surface area contributed by atoms with Gasteiger partial charge in [0, 0.05) is 18.0 Å². The second-order valence-electron chi connectivity index (χ2n) is 8.66. The van der Waals surface area contributed by atoms with E-state index >= 15 is 0 Å². The van der Waals surface area contributed by atoms with E-state index in [0.29, 0.717) is 13.2 Å². The molecule has 0 amide bonds. The Bertz CT molecular complexity index is 1600. The maximum Gasteiger partial charge on any atom is 0.180 e. The minimum atomic E-state index is 0.467. The van der Waals surface area contributed by atoms with Crippen LogP contribution >= 0.6 is 0 Å². The molecule has 6 aromatic rings. The zero-order valence-corrected chi connectivity index (χ0v) is 20.2. The van der Waals surface area contributed by atoms with Crippen molar-refractivity contribution in [2.24, 2.45) is 0 Å². The van der Waals surface area contributed by atoms with Gasteiger partial charge in [-0.05, 0) is 59.7 Å². The lowest BCUT2D eigenvalue weighted by Crippen LogP contribution is -1.98. The normalized spacial score (nSPS) is 10.9. The summed E-state index contributed by atoms with van der Waals surface area (Å²) in [6, 6.07) is 38.2. The van der Waals surface area contributed by atoms with Gasteiger partial charge in [-0.3, -0.25) is 9.38 Å². The number of aromatic nitrogens is 3. The first-order valence-corrected chi connectivity index (χ1v) is 12.2. The summed E-state index contributed by atoms with van der Waals surface area (Å²) >= 11 is 0. The molecule has 0 spiro atoms. The molecule has 5 heteroatoms. The number of hydrogen-bond acceptors (Lipinski definition) is 4. The largest absolute Gasteiger partial charge is 0.489 e. The van der Waals surface area contributed by atoms with Crippen LogP contribution in [0.2, 0.25) is 0 Å². The van der Waals surface area contributed by atoms with Gasteiger partial charge >= 0.3 is 0 Å². The molecule has 0 aliphatic heterocycles. The van der Waals surface area contributed by atoms with Crippen LogP contribution in [0.25, 0.3) is 28.3 Å². The minimum Gasteiger partial charge on any atom is -0.489 e. The Balaban J connectivity index is 1.36. The Kier molecular flexibility index (Phi) is 6.33. The maximum atomic E-state index is 6.21. The van der Waals surface area contributed by atoms with E-state index < -0.39 is 0 Å². The average Bonchev–Trinajstić information content (AvgIpc) is 3.37. The predicted octanol–water partition coefficient (Wildman–Crippen LogP) is 7.22. The molecule has 0 bridgehead atoms. The van der Waals surface area contributed by atoms with Crippen molar-refractivity contribution >= 4 is 5.65 Å². The Hall–Kier alpha value is -4.90. The van der Waals surface area contributed by atoms with E-state index in [0.717, 1.165) is 50.9 Å². The summed E-state index contributed by atoms with van der Waals surface area (Å²) in [5.74, 6) is 1.53. The van der Waals surface area contributed by atoms with Gasteiger partial charge in [-0.15, -0.1) is 0 Å². The van der Waals surface area contributed by atoms with Crippen molar-refractivity contribution in [3.63, 3.8) is 0 Å². The summed E-state index contributed by atoms with van der Waals surface area (Å²) < 4.78 is 14.3. The summed E-state index contributed by atoms with van der Waals surface area (Å²) in [7, 11) is 0. The first kappa shape index (κ1) is 22.6. The molecule has 3 aromatic heterocycles. The first-order valence-electron chi connectivity index (χ1n) is 12.2. The number of hydrogen-bond donors (Lipinski definition) is 0. The van der Waals surface area contributed by atoms with Gasteiger partial charge < -0.3 is 9.47 Å². The molecule has 0 fully saturated rings. The molecule has 3 heterocycles. The highest BCUT2D eigenvalue weighted by Crippen LogP contribution is 2.35. The standard InChI is InChI=1S/C32H25N3O2/c1-3-10-24(11-4-1)22-36-27-18-16-26(17-19-27)31-30(28-14-7-8-20-33-28)34-32-29(15-9-21-35(31)32)37-23-25-12-5-2-6-13-25/h1-21H,22-23H2. The summed E-state index contributed by atoms with van der Waals surface area (Å²) in [6.45, 7) is 0.992. The summed E-state index contributed by atoms with van der Waals surface area (Å²) in [5, 5.41) is 0. The van der Waals surface area contributed by atoms with Gasteiger partial charge in [-0.2, -0.15) is 0 Å². The molecule has 37 heavy (non-hydrogen) atoms. The monoisotopic (exact) mass is 483 g/mol. The third-order valence-corrected chi connectivity index (χ3v) is 6.13. The quantitative estimate of drug-likeness (QED) is 0.229. The van der Waals surface area contributed by atoms with Crippen LogP contribution in [0.1, 0.15) is 11.1 Å². The fourth-order valence-electron chi connectivity index (χ4n) is 4.30. The third kappa shape index (κ3) is 4.93. The second-order valence-corrected chi connectivity index (χ2v) is 8.66. The van der Waals surface area contributed by atoms with Crippen molar-refractivity contribution in [1.82, 2.24) is 14.4 Å². The lowest BCUT2D eigenvalue weighted by atomic mass is 10.1. The fraction of sp³-hybridized carbons (Fsp3) is 0.0625. The number of pyridine rings is 2. The highest BCUT2D eigenvalue weighted by molar-refractivity contribution is 5.82. The summed E-state index contributed by atoms with van der Waals surface area (Å²) in [5.41, 5.74) is 6.56. The Morgan fingerprint density at radius 3 is 1.97 bits per heavy atom. The van der Waals surface area contributed by atoms with Crippen molar-refractivity contribution in [1.29, 1.82) is 0 Å². The lowest BCUT2D eigenvalue weighted by molar-refractivity contribution is 0.306. The molecular formula is C32H25N3O2. The van der Waals surface area contributed by atoms with Crippen molar-refractivity contribution in [2.75, 3.05) is 0 Å². The van der Waals surface area contributed by atoms with Crippen LogP contribution in [0, 0.1) is 0 Å². The molecule has 0 unspecified atom stereocenters. The van der Waals surface area contributed by atoms with E-state index in [1.165, 1.54) is 0 Å². The zero-order valence-electron chi connectivity index (χ0n) is 20.2. The van der Waals surface area contributed by atoms with Gasteiger partial charge in [0.2, 0.25) is 0 Å². The van der Waals surface area contributed by atoms with E-state index in [2.05, 4.69) is 45.8 Å². The average molecular weight is 484 g/mol. The predicted molar refractivity (Wildman–Crippen MR) is 145 cm³/mol. The minimum absolute atomic E-state index is 0.467. The van der Waals surface area contributed by atoms with E-state index in [-0.39, 0.29) is 0 Å². The van der Waals surface area contributed by atoms with Gasteiger partial charge in [0.05, 0.1) is 11.4 Å². The Morgan fingerprint density at radius 1 is 0.622 bits per heavy atom. The molecule has 3 aromatic carbocycles. The molecule has 0 saturated heterocycles. The highest BCUT2D eigenvalue weighted by Gasteiger charge is 2.19. The fourth-order valence-corrected chi connectivity index (χ4v) is 4.30. The number of benzene rings is 3. The lowest BCUT2D eigenvalue weighted by Gasteiger charge is -2.10. The van der Waals surface area contributed by atoms with Crippen LogP contribution in [0.5, 0.6) is 11.5 Å². The number of fused-ring (bicyclic) bond motifs is 1. The molecule has 0 radical (unpaired) electrons. The summed E-state index contributed by atoms with van der Waals surface area (Å²) in [4.78, 5) is 9.61. The van der Waals surface area contributed by atoms with Gasteiger partial charge in [-0.25, -0.2) is 4.98 Å². The molecule has 0 atom stereocenters. The highest BCUT2D eigenvalue weighted by atomic mass is 16.5. The van der Waals surface area contributed by atoms with E-state index in [1.807, 2.05) is 85.1 Å². The van der Waals surface area contributed by atoms with Crippen molar-refractivity contribution in [3.8, 4) is 34.1 Å². The van der Waals surface area contributed by atoms with Gasteiger partial charge in [0.15, 0.2) is 11.4 Å². The molecule has 0 N–H and O–H groups in total. The van der Waals surface area contributed by atoms with Crippen LogP contribution in [0.3, 0.4) is 0 Å². The molecule has 0 aliphatic rings. The van der Waals surface area contributed by atoms with Crippen LogP contribution in [-0.2, 0) is 13.2 Å². The van der Waals surface area contributed by atoms with Crippen LogP contribution in [0.4, 0.5) is 0 Å². The molecule has 5 nitrogen and oxygen atoms in total. The molecule has 0 saturated carbocycles. The Morgan fingerprint density at radius 2 is 1.30 bits per heavy atom. The zero-order chi connectivity index (χ0) is 24.9. The Labute approximate surface area is 215 Å². The van der Waals surface area contributed by atoms with E-state index in [4.69, 9.17) is 14.5 Å². The van der Waals surface area contributed by atoms with Crippen molar-refractivity contribution in [2.45, 2.75) is 13.2 Å². The maximum absolute atomic E-state index is 6.21. The third-order valence-electron chi connectivity index (χ3n) is 6.13. The van der Waals surface area contributed by atoms with Crippen molar-refractivity contribution in [3.05, 3.63) is 139 Å². The van der Waals surface area contributed by atoms with E-state index in [1.54, 1.807) is 6.20 Å². The van der Waals surface area contributed by atoms with Crippen molar-refractivity contribution < 1.29 is 9.47 Å². The molecule has 0 aliphatic carbocycles. The van der Waals surface area contributed by atoms with Crippen LogP contribution in [-0.4, -0.2) is 14.4 Å². The number of imidazole rings is 1.